The lowest BCUT2D eigenvalue weighted by atomic mass is 10.3. The van der Waals surface area contributed by atoms with Crippen molar-refractivity contribution in [3.63, 3.8) is 0 Å². The molecule has 4 N–H and O–H groups in total. The second-order valence-electron chi connectivity index (χ2n) is 4.09. The third-order valence-corrected chi connectivity index (χ3v) is 2.31. The molecular weight excluding hydrogens is 232 g/mol. The Labute approximate surface area is 107 Å². The van der Waals surface area contributed by atoms with Gasteiger partial charge < -0.3 is 15.6 Å². The summed E-state index contributed by atoms with van der Waals surface area (Å²) in [6.07, 6.45) is 1.72. The Hall–Kier alpha value is -1.89. The van der Waals surface area contributed by atoms with E-state index in [9.17, 15) is 4.79 Å². The molecule has 1 rings (SSSR count). The third kappa shape index (κ3) is 4.17. The fourth-order valence-electron chi connectivity index (χ4n) is 1.32. The van der Waals surface area contributed by atoms with Crippen molar-refractivity contribution in [2.24, 2.45) is 5.84 Å². The highest BCUT2D eigenvalue weighted by Gasteiger charge is 2.06. The van der Waals surface area contributed by atoms with Crippen molar-refractivity contribution in [3.05, 3.63) is 11.9 Å². The topological polar surface area (TPSA) is 96.2 Å². The fraction of sp³-hybridized carbons (Fsp3) is 0.545. The van der Waals surface area contributed by atoms with E-state index < -0.39 is 0 Å². The minimum absolute atomic E-state index is 0.0205. The minimum Gasteiger partial charge on any atom is -0.361 e. The molecule has 0 aliphatic carbocycles. The maximum absolute atomic E-state index is 11.5. The average Bonchev–Trinajstić information content (AvgIpc) is 2.35. The van der Waals surface area contributed by atoms with Crippen molar-refractivity contribution in [1.82, 2.24) is 14.9 Å². The Kier molecular flexibility index (Phi) is 5.31. The smallest absolute Gasteiger partial charge is 0.241 e. The predicted molar refractivity (Wildman–Crippen MR) is 71.0 cm³/mol. The Morgan fingerprint density at radius 1 is 1.39 bits per heavy atom. The van der Waals surface area contributed by atoms with E-state index in [1.165, 1.54) is 4.90 Å². The molecule has 0 fully saturated rings. The van der Waals surface area contributed by atoms with Gasteiger partial charge >= 0.3 is 0 Å². The first-order chi connectivity index (χ1) is 8.56. The summed E-state index contributed by atoms with van der Waals surface area (Å²) in [7, 11) is 3.42. The average molecular weight is 252 g/mol. The van der Waals surface area contributed by atoms with Gasteiger partial charge in [0, 0.05) is 26.6 Å². The van der Waals surface area contributed by atoms with E-state index in [2.05, 4.69) is 27.6 Å². The molecule has 0 unspecified atom stereocenters. The molecule has 0 spiro atoms. The monoisotopic (exact) mass is 252 g/mol. The van der Waals surface area contributed by atoms with Crippen molar-refractivity contribution in [1.29, 1.82) is 0 Å². The number of anilines is 2. The van der Waals surface area contributed by atoms with Crippen molar-refractivity contribution in [2.45, 2.75) is 19.8 Å². The van der Waals surface area contributed by atoms with Gasteiger partial charge in [0.25, 0.3) is 0 Å². The molecule has 0 aliphatic rings. The van der Waals surface area contributed by atoms with Crippen LogP contribution in [0.5, 0.6) is 0 Å². The van der Waals surface area contributed by atoms with E-state index in [0.29, 0.717) is 17.5 Å². The lowest BCUT2D eigenvalue weighted by molar-refractivity contribution is -0.126. The largest absolute Gasteiger partial charge is 0.361 e. The first-order valence-electron chi connectivity index (χ1n) is 5.85. The van der Waals surface area contributed by atoms with Gasteiger partial charge in [0.2, 0.25) is 5.91 Å². The first kappa shape index (κ1) is 14.2. The van der Waals surface area contributed by atoms with Gasteiger partial charge in [-0.25, -0.2) is 15.8 Å². The first-order valence-corrected chi connectivity index (χ1v) is 5.85. The third-order valence-electron chi connectivity index (χ3n) is 2.31. The van der Waals surface area contributed by atoms with Crippen LogP contribution in [0.15, 0.2) is 6.07 Å². The van der Waals surface area contributed by atoms with Gasteiger partial charge in [-0.2, -0.15) is 0 Å². The summed E-state index contributed by atoms with van der Waals surface area (Å²) in [5, 5.41) is 2.96. The van der Waals surface area contributed by atoms with Crippen molar-refractivity contribution in [2.75, 3.05) is 31.4 Å². The summed E-state index contributed by atoms with van der Waals surface area (Å²) < 4.78 is 0. The zero-order chi connectivity index (χ0) is 13.5. The number of hydrogen-bond acceptors (Lipinski definition) is 6. The van der Waals surface area contributed by atoms with E-state index in [0.717, 1.165) is 12.8 Å². The maximum Gasteiger partial charge on any atom is 0.241 e. The van der Waals surface area contributed by atoms with E-state index in [1.807, 2.05) is 0 Å². The van der Waals surface area contributed by atoms with Gasteiger partial charge in [-0.05, 0) is 6.42 Å². The zero-order valence-electron chi connectivity index (χ0n) is 11.0. The second kappa shape index (κ2) is 6.75. The van der Waals surface area contributed by atoms with E-state index in [4.69, 9.17) is 5.84 Å². The Morgan fingerprint density at radius 3 is 2.61 bits per heavy atom. The molecule has 7 heteroatoms. The molecule has 0 aliphatic heterocycles. The molecule has 1 aromatic rings. The molecular formula is C11H20N6O. The summed E-state index contributed by atoms with van der Waals surface area (Å²) in [5.41, 5.74) is 2.49. The number of hydrogen-bond donors (Lipinski definition) is 3. The molecule has 0 atom stereocenters. The molecule has 1 heterocycles. The van der Waals surface area contributed by atoms with Crippen LogP contribution in [0.25, 0.3) is 0 Å². The van der Waals surface area contributed by atoms with Gasteiger partial charge in [0.15, 0.2) is 0 Å². The quantitative estimate of drug-likeness (QED) is 0.495. The van der Waals surface area contributed by atoms with Gasteiger partial charge in [0.1, 0.15) is 17.5 Å². The minimum atomic E-state index is -0.0205. The van der Waals surface area contributed by atoms with Gasteiger partial charge in [0.05, 0.1) is 6.54 Å². The van der Waals surface area contributed by atoms with E-state index in [-0.39, 0.29) is 12.5 Å². The van der Waals surface area contributed by atoms with Crippen LogP contribution in [0, 0.1) is 0 Å². The van der Waals surface area contributed by atoms with Crippen LogP contribution in [-0.2, 0) is 11.2 Å². The molecule has 7 nitrogen and oxygen atoms in total. The van der Waals surface area contributed by atoms with Gasteiger partial charge in [-0.1, -0.05) is 6.92 Å². The highest BCUT2D eigenvalue weighted by atomic mass is 16.2. The second-order valence-corrected chi connectivity index (χ2v) is 4.09. The van der Waals surface area contributed by atoms with Crippen LogP contribution in [0.2, 0.25) is 0 Å². The van der Waals surface area contributed by atoms with Crippen LogP contribution in [0.1, 0.15) is 19.2 Å². The van der Waals surface area contributed by atoms with Crippen molar-refractivity contribution < 1.29 is 4.79 Å². The van der Waals surface area contributed by atoms with Gasteiger partial charge in [-0.15, -0.1) is 0 Å². The van der Waals surface area contributed by atoms with Crippen LogP contribution in [-0.4, -0.2) is 41.4 Å². The summed E-state index contributed by atoms with van der Waals surface area (Å²) in [5.74, 6) is 7.16. The Bertz CT molecular complexity index is 407. The molecule has 0 saturated carbocycles. The van der Waals surface area contributed by atoms with E-state index in [1.54, 1.807) is 20.2 Å². The molecule has 18 heavy (non-hydrogen) atoms. The Balaban J connectivity index is 2.75. The molecule has 0 saturated heterocycles. The highest BCUT2D eigenvalue weighted by molar-refractivity contribution is 5.80. The zero-order valence-corrected chi connectivity index (χ0v) is 11.0. The van der Waals surface area contributed by atoms with Crippen LogP contribution < -0.4 is 16.6 Å². The SMILES string of the molecule is CCCc1nc(NN)cc(NCC(=O)N(C)C)n1. The summed E-state index contributed by atoms with van der Waals surface area (Å²) in [4.78, 5) is 21.5. The lowest BCUT2D eigenvalue weighted by Crippen LogP contribution is -2.29. The number of aryl methyl sites for hydroxylation is 1. The van der Waals surface area contributed by atoms with Crippen molar-refractivity contribution in [3.8, 4) is 0 Å². The molecule has 0 aromatic carbocycles. The maximum atomic E-state index is 11.5. The van der Waals surface area contributed by atoms with E-state index >= 15 is 0 Å². The fourth-order valence-corrected chi connectivity index (χ4v) is 1.32. The number of nitrogen functional groups attached to an aromatic ring is 1. The number of nitrogens with zero attached hydrogens (tertiary/aromatic N) is 3. The van der Waals surface area contributed by atoms with Crippen molar-refractivity contribution >= 4 is 17.5 Å². The molecule has 0 bridgehead atoms. The van der Waals surface area contributed by atoms with Gasteiger partial charge in [-0.3, -0.25) is 4.79 Å². The normalized spacial score (nSPS) is 10.0. The molecule has 1 aromatic heterocycles. The number of rotatable bonds is 6. The predicted octanol–water partition coefficient (Wildman–Crippen LogP) is 0.215. The lowest BCUT2D eigenvalue weighted by Gasteiger charge is -2.12. The Morgan fingerprint density at radius 2 is 2.06 bits per heavy atom. The number of nitrogens with one attached hydrogen (secondary N) is 2. The highest BCUT2D eigenvalue weighted by Crippen LogP contribution is 2.11. The molecule has 0 radical (unpaired) electrons. The number of carbonyl (C=O) groups is 1. The molecule has 100 valence electrons. The summed E-state index contributed by atoms with van der Waals surface area (Å²) in [6.45, 7) is 2.24. The number of nitrogens with two attached hydrogens (primary N) is 1. The number of amides is 1. The number of hydrazine groups is 1. The number of likely N-dealkylation sites (N-methyl/N-ethyl adjacent to an activating group) is 1. The molecule has 1 amide bonds. The van der Waals surface area contributed by atoms with Crippen LogP contribution in [0.3, 0.4) is 0 Å². The van der Waals surface area contributed by atoms with Crippen LogP contribution >= 0.6 is 0 Å². The summed E-state index contributed by atoms with van der Waals surface area (Å²) in [6, 6.07) is 1.67. The van der Waals surface area contributed by atoms with Crippen LogP contribution in [0.4, 0.5) is 11.6 Å². The standard InChI is InChI=1S/C11H20N6O/c1-4-5-8-14-9(6-10(15-8)16-12)13-7-11(18)17(2)3/h6H,4-5,7,12H2,1-3H3,(H2,13,14,15,16). The summed E-state index contributed by atoms with van der Waals surface area (Å²) >= 11 is 0. The number of aromatic nitrogens is 2. The number of carbonyl (C=O) groups excluding carboxylic acids is 1.